The van der Waals surface area contributed by atoms with Crippen LogP contribution >= 0.6 is 0 Å². The second kappa shape index (κ2) is 5.32. The van der Waals surface area contributed by atoms with Gasteiger partial charge in [-0.25, -0.2) is 0 Å². The minimum absolute atomic E-state index is 0.403. The van der Waals surface area contributed by atoms with E-state index in [2.05, 4.69) is 18.0 Å². The van der Waals surface area contributed by atoms with Gasteiger partial charge in [0.1, 0.15) is 5.75 Å². The van der Waals surface area contributed by atoms with Gasteiger partial charge in [0.2, 0.25) is 0 Å². The molecule has 2 unspecified atom stereocenters. The van der Waals surface area contributed by atoms with Crippen LogP contribution in [0.25, 0.3) is 0 Å². The van der Waals surface area contributed by atoms with Gasteiger partial charge in [0.05, 0.1) is 24.3 Å². The van der Waals surface area contributed by atoms with E-state index in [1.807, 2.05) is 6.07 Å². The van der Waals surface area contributed by atoms with E-state index in [9.17, 15) is 10.4 Å². The fraction of sp³-hybridized carbons (Fsp3) is 0.588. The van der Waals surface area contributed by atoms with Gasteiger partial charge >= 0.3 is 0 Å². The third kappa shape index (κ3) is 2.41. The van der Waals surface area contributed by atoms with Gasteiger partial charge in [0.15, 0.2) is 0 Å². The fourth-order valence-electron chi connectivity index (χ4n) is 4.00. The van der Waals surface area contributed by atoms with Crippen molar-refractivity contribution in [2.24, 2.45) is 0 Å². The molecule has 2 aliphatic heterocycles. The Kier molecular flexibility index (Phi) is 3.64. The van der Waals surface area contributed by atoms with E-state index in [4.69, 9.17) is 4.74 Å². The molecule has 0 amide bonds. The average Bonchev–Trinajstić information content (AvgIpc) is 2.48. The first-order valence-corrected chi connectivity index (χ1v) is 7.60. The van der Waals surface area contributed by atoms with Gasteiger partial charge in [-0.3, -0.25) is 0 Å². The highest BCUT2D eigenvalue weighted by atomic mass is 16.5. The van der Waals surface area contributed by atoms with Crippen molar-refractivity contribution in [3.63, 3.8) is 0 Å². The molecule has 1 aromatic carbocycles. The number of nitrogens with zero attached hydrogens (tertiary/aromatic N) is 2. The summed E-state index contributed by atoms with van der Waals surface area (Å²) in [5.74, 6) is 0.696. The summed E-state index contributed by atoms with van der Waals surface area (Å²) in [7, 11) is 3.77. The summed E-state index contributed by atoms with van der Waals surface area (Å²) in [6, 6.07) is 8.39. The molecule has 4 heteroatoms. The first-order chi connectivity index (χ1) is 10.1. The lowest BCUT2D eigenvalue weighted by Crippen LogP contribution is -2.55. The Labute approximate surface area is 125 Å². The number of ether oxygens (including phenoxy) is 1. The third-order valence-electron chi connectivity index (χ3n) is 5.22. The molecule has 0 aromatic heterocycles. The molecular formula is C17H22N2O2. The summed E-state index contributed by atoms with van der Waals surface area (Å²) in [6.45, 7) is 0. The van der Waals surface area contributed by atoms with Crippen molar-refractivity contribution in [3.05, 3.63) is 29.3 Å². The van der Waals surface area contributed by atoms with Crippen molar-refractivity contribution >= 4 is 0 Å². The number of aliphatic hydroxyl groups is 1. The van der Waals surface area contributed by atoms with Crippen LogP contribution in [-0.2, 0) is 5.60 Å². The van der Waals surface area contributed by atoms with Gasteiger partial charge in [-0.1, -0.05) is 6.42 Å². The first-order valence-electron chi connectivity index (χ1n) is 7.60. The van der Waals surface area contributed by atoms with Crippen molar-refractivity contribution in [1.29, 1.82) is 5.26 Å². The highest BCUT2D eigenvalue weighted by Crippen LogP contribution is 2.45. The Hall–Kier alpha value is -1.57. The lowest BCUT2D eigenvalue weighted by Gasteiger charge is -2.51. The lowest BCUT2D eigenvalue weighted by molar-refractivity contribution is -0.0876. The maximum absolute atomic E-state index is 11.3. The number of hydrogen-bond acceptors (Lipinski definition) is 4. The Balaban J connectivity index is 2.01. The zero-order valence-electron chi connectivity index (χ0n) is 12.7. The number of methoxy groups -OCH3 is 1. The van der Waals surface area contributed by atoms with E-state index in [0.29, 0.717) is 36.2 Å². The van der Waals surface area contributed by atoms with Crippen LogP contribution in [-0.4, -0.2) is 36.2 Å². The second-order valence-corrected chi connectivity index (χ2v) is 6.37. The minimum Gasteiger partial charge on any atom is -0.497 e. The molecule has 3 rings (SSSR count). The van der Waals surface area contributed by atoms with Crippen LogP contribution in [0.15, 0.2) is 18.2 Å². The lowest BCUT2D eigenvalue weighted by atomic mass is 9.72. The molecule has 1 N–H and O–H groups in total. The van der Waals surface area contributed by atoms with Gasteiger partial charge < -0.3 is 14.7 Å². The molecule has 2 bridgehead atoms. The minimum atomic E-state index is -0.915. The standard InChI is InChI=1S/C17H22N2O2/c1-19-13-4-3-5-14(19)10-17(20,9-13)16-8-15(21-2)7-6-12(16)11-18/h6-8,13-14,20H,3-5,9-10H2,1-2H3. The molecule has 21 heavy (non-hydrogen) atoms. The molecule has 2 fully saturated rings. The predicted octanol–water partition coefficient (Wildman–Crippen LogP) is 2.40. The van der Waals surface area contributed by atoms with E-state index in [-0.39, 0.29) is 0 Å². The molecule has 4 nitrogen and oxygen atoms in total. The molecule has 0 saturated carbocycles. The number of fused-ring (bicyclic) bond motifs is 2. The van der Waals surface area contributed by atoms with Crippen molar-refractivity contribution in [2.45, 2.75) is 49.8 Å². The summed E-state index contributed by atoms with van der Waals surface area (Å²) in [5, 5.41) is 20.6. The predicted molar refractivity (Wildman–Crippen MR) is 80.0 cm³/mol. The molecule has 112 valence electrons. The molecule has 1 aromatic rings. The average molecular weight is 286 g/mol. The second-order valence-electron chi connectivity index (χ2n) is 6.37. The summed E-state index contributed by atoms with van der Waals surface area (Å²) in [5.41, 5.74) is 0.372. The highest BCUT2D eigenvalue weighted by Gasteiger charge is 2.45. The quantitative estimate of drug-likeness (QED) is 0.907. The first kappa shape index (κ1) is 14.4. The van der Waals surface area contributed by atoms with E-state index in [1.54, 1.807) is 19.2 Å². The molecule has 0 radical (unpaired) electrons. The fourth-order valence-corrected chi connectivity index (χ4v) is 4.00. The van der Waals surface area contributed by atoms with Gasteiger partial charge in [-0.05, 0) is 50.9 Å². The monoisotopic (exact) mass is 286 g/mol. The largest absolute Gasteiger partial charge is 0.497 e. The number of piperidine rings is 2. The van der Waals surface area contributed by atoms with Crippen LogP contribution in [0.4, 0.5) is 0 Å². The summed E-state index contributed by atoms with van der Waals surface area (Å²) >= 11 is 0. The molecular weight excluding hydrogens is 264 g/mol. The zero-order valence-corrected chi connectivity index (χ0v) is 12.7. The Morgan fingerprint density at radius 2 is 2.00 bits per heavy atom. The van der Waals surface area contributed by atoms with Gasteiger partial charge in [0.25, 0.3) is 0 Å². The summed E-state index contributed by atoms with van der Waals surface area (Å²) in [4.78, 5) is 2.41. The number of rotatable bonds is 2. The Morgan fingerprint density at radius 1 is 1.33 bits per heavy atom. The summed E-state index contributed by atoms with van der Waals surface area (Å²) < 4.78 is 5.27. The van der Waals surface area contributed by atoms with Crippen LogP contribution in [0, 0.1) is 11.3 Å². The van der Waals surface area contributed by atoms with Crippen molar-refractivity contribution in [3.8, 4) is 11.8 Å². The van der Waals surface area contributed by atoms with Crippen molar-refractivity contribution < 1.29 is 9.84 Å². The van der Waals surface area contributed by atoms with Gasteiger partial charge in [0, 0.05) is 17.6 Å². The smallest absolute Gasteiger partial charge is 0.119 e. The van der Waals surface area contributed by atoms with Crippen LogP contribution < -0.4 is 4.74 Å². The van der Waals surface area contributed by atoms with E-state index in [1.165, 1.54) is 6.42 Å². The third-order valence-corrected chi connectivity index (χ3v) is 5.22. The van der Waals surface area contributed by atoms with Crippen LogP contribution in [0.3, 0.4) is 0 Å². The normalized spacial score (nSPS) is 32.5. The maximum Gasteiger partial charge on any atom is 0.119 e. The number of benzene rings is 1. The molecule has 2 atom stereocenters. The molecule has 0 spiro atoms. The topological polar surface area (TPSA) is 56.5 Å². The Bertz CT molecular complexity index is 565. The molecule has 0 aliphatic carbocycles. The van der Waals surface area contributed by atoms with Crippen molar-refractivity contribution in [1.82, 2.24) is 4.90 Å². The van der Waals surface area contributed by atoms with E-state index < -0.39 is 5.60 Å². The van der Waals surface area contributed by atoms with Crippen LogP contribution in [0.5, 0.6) is 5.75 Å². The molecule has 2 saturated heterocycles. The van der Waals surface area contributed by atoms with Crippen LogP contribution in [0.2, 0.25) is 0 Å². The zero-order chi connectivity index (χ0) is 15.0. The summed E-state index contributed by atoms with van der Waals surface area (Å²) in [6.07, 6.45) is 4.88. The van der Waals surface area contributed by atoms with Gasteiger partial charge in [-0.15, -0.1) is 0 Å². The van der Waals surface area contributed by atoms with Gasteiger partial charge in [-0.2, -0.15) is 5.26 Å². The van der Waals surface area contributed by atoms with Crippen LogP contribution in [0.1, 0.15) is 43.2 Å². The number of nitriles is 1. The molecule has 2 heterocycles. The SMILES string of the molecule is COc1ccc(C#N)c(C2(O)CC3CCCC(C2)N3C)c1. The Morgan fingerprint density at radius 3 is 2.57 bits per heavy atom. The molecule has 2 aliphatic rings. The maximum atomic E-state index is 11.3. The number of hydrogen-bond donors (Lipinski definition) is 1. The highest BCUT2D eigenvalue weighted by molar-refractivity contribution is 5.46. The van der Waals surface area contributed by atoms with E-state index in [0.717, 1.165) is 18.4 Å². The van der Waals surface area contributed by atoms with E-state index >= 15 is 0 Å². The van der Waals surface area contributed by atoms with Crippen molar-refractivity contribution in [2.75, 3.05) is 14.2 Å².